The molecule has 2 amide bonds. The molecular formula is C19H24F2N4O3. The largest absolute Gasteiger partial charge is 0.444 e. The van der Waals surface area contributed by atoms with Crippen LogP contribution in [-0.4, -0.2) is 64.3 Å². The van der Waals surface area contributed by atoms with Crippen molar-refractivity contribution in [3.8, 4) is 0 Å². The van der Waals surface area contributed by atoms with Gasteiger partial charge in [-0.3, -0.25) is 9.78 Å². The highest BCUT2D eigenvalue weighted by Crippen LogP contribution is 2.38. The predicted molar refractivity (Wildman–Crippen MR) is 98.0 cm³/mol. The summed E-state index contributed by atoms with van der Waals surface area (Å²) in [7, 11) is 0. The highest BCUT2D eigenvalue weighted by molar-refractivity contribution is 6.13. The van der Waals surface area contributed by atoms with Gasteiger partial charge in [-0.05, 0) is 32.9 Å². The van der Waals surface area contributed by atoms with Gasteiger partial charge in [0.05, 0.1) is 5.71 Å². The molecule has 3 heterocycles. The number of hydrogen-bond acceptors (Lipinski definition) is 5. The molecule has 0 aromatic carbocycles. The van der Waals surface area contributed by atoms with Gasteiger partial charge in [-0.1, -0.05) is 6.07 Å². The van der Waals surface area contributed by atoms with Gasteiger partial charge in [0.1, 0.15) is 17.6 Å². The van der Waals surface area contributed by atoms with Crippen molar-refractivity contribution in [3.63, 3.8) is 0 Å². The van der Waals surface area contributed by atoms with Crippen LogP contribution in [-0.2, 0) is 16.0 Å². The first-order chi connectivity index (χ1) is 13.1. The number of piperidine rings is 1. The molecule has 0 saturated carbocycles. The number of pyridine rings is 1. The Kier molecular flexibility index (Phi) is 5.36. The lowest BCUT2D eigenvalue weighted by atomic mass is 9.74. The lowest BCUT2D eigenvalue weighted by Gasteiger charge is -2.39. The maximum Gasteiger partial charge on any atom is 0.410 e. The van der Waals surface area contributed by atoms with E-state index in [0.29, 0.717) is 24.4 Å². The first-order valence-corrected chi connectivity index (χ1v) is 9.17. The quantitative estimate of drug-likeness (QED) is 0.787. The Hall–Kier alpha value is -2.58. The highest BCUT2D eigenvalue weighted by Gasteiger charge is 2.55. The van der Waals surface area contributed by atoms with E-state index in [1.165, 1.54) is 4.90 Å². The molecule has 0 spiro atoms. The molecule has 1 aromatic rings. The van der Waals surface area contributed by atoms with Crippen LogP contribution in [0.25, 0.3) is 0 Å². The smallest absolute Gasteiger partial charge is 0.410 e. The fraction of sp³-hybridized carbons (Fsp3) is 0.579. The molecule has 0 radical (unpaired) electrons. The number of halogens is 2. The number of fused-ring (bicyclic) bond motifs is 1. The van der Waals surface area contributed by atoms with E-state index in [2.05, 4.69) is 10.1 Å². The summed E-state index contributed by atoms with van der Waals surface area (Å²) in [5.41, 5.74) is -0.726. The molecule has 2 aliphatic heterocycles. The van der Waals surface area contributed by atoms with E-state index < -0.39 is 36.0 Å². The molecule has 3 rings (SSSR count). The molecule has 28 heavy (non-hydrogen) atoms. The minimum Gasteiger partial charge on any atom is -0.444 e. The number of hydrazone groups is 1. The first-order valence-electron chi connectivity index (χ1n) is 9.17. The highest BCUT2D eigenvalue weighted by atomic mass is 19.3. The Morgan fingerprint density at radius 3 is 2.71 bits per heavy atom. The molecule has 1 fully saturated rings. The van der Waals surface area contributed by atoms with Gasteiger partial charge in [0, 0.05) is 37.8 Å². The molecule has 1 saturated heterocycles. The number of alkyl halides is 2. The van der Waals surface area contributed by atoms with E-state index >= 15 is 0 Å². The molecule has 1 atom stereocenters. The number of ether oxygens (including phenoxy) is 1. The second-order valence-corrected chi connectivity index (χ2v) is 8.06. The maximum atomic E-state index is 13.1. The minimum absolute atomic E-state index is 0.0237. The second kappa shape index (κ2) is 7.44. The van der Waals surface area contributed by atoms with Gasteiger partial charge >= 0.3 is 6.09 Å². The zero-order valence-corrected chi connectivity index (χ0v) is 16.2. The van der Waals surface area contributed by atoms with Crippen LogP contribution in [0.3, 0.4) is 0 Å². The Balaban J connectivity index is 1.91. The molecule has 0 aliphatic carbocycles. The lowest BCUT2D eigenvalue weighted by Crippen LogP contribution is -2.56. The molecule has 2 aliphatic rings. The van der Waals surface area contributed by atoms with Gasteiger partial charge in [0.2, 0.25) is 0 Å². The molecule has 0 bridgehead atoms. The van der Waals surface area contributed by atoms with Gasteiger partial charge in [0.15, 0.2) is 0 Å². The third kappa shape index (κ3) is 4.13. The Morgan fingerprint density at radius 2 is 2.11 bits per heavy atom. The van der Waals surface area contributed by atoms with E-state index in [0.717, 1.165) is 5.01 Å². The van der Waals surface area contributed by atoms with Crippen molar-refractivity contribution in [2.45, 2.75) is 45.6 Å². The monoisotopic (exact) mass is 394 g/mol. The van der Waals surface area contributed by atoms with E-state index in [4.69, 9.17) is 4.74 Å². The lowest BCUT2D eigenvalue weighted by molar-refractivity contribution is -0.139. The standard InChI is InChI=1S/C19H24F2N4O3/c1-18(2,3)28-17(27)24-9-7-14-19(12-24,10-13-6-4-5-8-22-13)16(26)25(23-14)11-15(20)21/h4-6,8,15H,7,9-12H2,1-3H3. The average molecular weight is 394 g/mol. The zero-order valence-electron chi connectivity index (χ0n) is 16.2. The predicted octanol–water partition coefficient (Wildman–Crippen LogP) is 2.71. The van der Waals surface area contributed by atoms with Crippen molar-refractivity contribution in [1.82, 2.24) is 14.9 Å². The van der Waals surface area contributed by atoms with Crippen LogP contribution >= 0.6 is 0 Å². The summed E-state index contributed by atoms with van der Waals surface area (Å²) >= 11 is 0. The van der Waals surface area contributed by atoms with Gasteiger partial charge in [-0.2, -0.15) is 5.10 Å². The van der Waals surface area contributed by atoms with E-state index in [9.17, 15) is 18.4 Å². The average Bonchev–Trinajstić information content (AvgIpc) is 2.85. The fourth-order valence-electron chi connectivity index (χ4n) is 3.53. The van der Waals surface area contributed by atoms with Crippen molar-refractivity contribution in [2.75, 3.05) is 19.6 Å². The topological polar surface area (TPSA) is 75.1 Å². The molecule has 7 nitrogen and oxygen atoms in total. The fourth-order valence-corrected chi connectivity index (χ4v) is 3.53. The maximum absolute atomic E-state index is 13.1. The van der Waals surface area contributed by atoms with Gasteiger partial charge < -0.3 is 9.64 Å². The number of aromatic nitrogens is 1. The van der Waals surface area contributed by atoms with Crippen LogP contribution in [0.15, 0.2) is 29.5 Å². The summed E-state index contributed by atoms with van der Waals surface area (Å²) < 4.78 is 31.3. The van der Waals surface area contributed by atoms with Crippen molar-refractivity contribution < 1.29 is 23.1 Å². The summed E-state index contributed by atoms with van der Waals surface area (Å²) in [6.07, 6.45) is -1.12. The number of rotatable bonds is 4. The van der Waals surface area contributed by atoms with Crippen LogP contribution in [0.4, 0.5) is 13.6 Å². The number of likely N-dealkylation sites (tertiary alicyclic amines) is 1. The van der Waals surface area contributed by atoms with Gasteiger partial charge in [0.25, 0.3) is 12.3 Å². The summed E-state index contributed by atoms with van der Waals surface area (Å²) in [6.45, 7) is 4.85. The summed E-state index contributed by atoms with van der Waals surface area (Å²) in [5.74, 6) is -0.526. The number of carbonyl (C=O) groups is 2. The number of hydrogen-bond donors (Lipinski definition) is 0. The molecule has 152 valence electrons. The number of nitrogens with zero attached hydrogens (tertiary/aromatic N) is 4. The summed E-state index contributed by atoms with van der Waals surface area (Å²) in [6, 6.07) is 5.31. The van der Waals surface area contributed by atoms with E-state index in [-0.39, 0.29) is 13.0 Å². The molecule has 1 unspecified atom stereocenters. The Bertz CT molecular complexity index is 779. The van der Waals surface area contributed by atoms with Crippen molar-refractivity contribution in [2.24, 2.45) is 10.5 Å². The third-order valence-electron chi connectivity index (χ3n) is 4.69. The third-order valence-corrected chi connectivity index (χ3v) is 4.69. The van der Waals surface area contributed by atoms with Crippen LogP contribution in [0.2, 0.25) is 0 Å². The van der Waals surface area contributed by atoms with Crippen molar-refractivity contribution in [1.29, 1.82) is 0 Å². The zero-order chi connectivity index (χ0) is 20.5. The van der Waals surface area contributed by atoms with Gasteiger partial charge in [-0.15, -0.1) is 0 Å². The SMILES string of the molecule is CC(C)(C)OC(=O)N1CCC2=NN(CC(F)F)C(=O)C2(Cc2ccccn2)C1. The normalized spacial score (nSPS) is 22.4. The van der Waals surface area contributed by atoms with Gasteiger partial charge in [-0.25, -0.2) is 18.6 Å². The van der Waals surface area contributed by atoms with Crippen LogP contribution < -0.4 is 0 Å². The van der Waals surface area contributed by atoms with Crippen LogP contribution in [0.1, 0.15) is 32.9 Å². The number of amides is 2. The summed E-state index contributed by atoms with van der Waals surface area (Å²) in [4.78, 5) is 31.4. The van der Waals surface area contributed by atoms with Crippen molar-refractivity contribution >= 4 is 17.7 Å². The minimum atomic E-state index is -2.69. The molecule has 1 aromatic heterocycles. The molecular weight excluding hydrogens is 370 g/mol. The Morgan fingerprint density at radius 1 is 1.36 bits per heavy atom. The van der Waals surface area contributed by atoms with Crippen molar-refractivity contribution in [3.05, 3.63) is 30.1 Å². The van der Waals surface area contributed by atoms with Crippen LogP contribution in [0.5, 0.6) is 0 Å². The molecule has 0 N–H and O–H groups in total. The second-order valence-electron chi connectivity index (χ2n) is 8.06. The van der Waals surface area contributed by atoms with E-state index in [1.54, 1.807) is 45.2 Å². The summed E-state index contributed by atoms with van der Waals surface area (Å²) in [5, 5.41) is 5.02. The molecule has 9 heteroatoms. The van der Waals surface area contributed by atoms with E-state index in [1.807, 2.05) is 0 Å². The number of carbonyl (C=O) groups excluding carboxylic acids is 2. The van der Waals surface area contributed by atoms with Crippen LogP contribution in [0, 0.1) is 5.41 Å². The first kappa shape index (κ1) is 20.2. The Labute approximate surface area is 162 Å².